The summed E-state index contributed by atoms with van der Waals surface area (Å²) < 4.78 is 7.12. The molecular weight excluding hydrogens is 240 g/mol. The maximum Gasteiger partial charge on any atom is 0.152 e. The lowest BCUT2D eigenvalue weighted by atomic mass is 10.3. The lowest BCUT2D eigenvalue weighted by Crippen LogP contribution is -2.05. The summed E-state index contributed by atoms with van der Waals surface area (Å²) >= 11 is 0. The summed E-state index contributed by atoms with van der Waals surface area (Å²) in [6.45, 7) is 4.87. The number of nitrogens with one attached hydrogen (secondary N) is 1. The van der Waals surface area contributed by atoms with Crippen LogP contribution >= 0.6 is 0 Å². The fourth-order valence-electron chi connectivity index (χ4n) is 1.94. The Kier molecular flexibility index (Phi) is 3.94. The number of benzene rings is 1. The van der Waals surface area contributed by atoms with E-state index in [1.54, 1.807) is 7.11 Å². The Bertz CT molecular complexity index is 563. The molecule has 0 atom stereocenters. The van der Waals surface area contributed by atoms with Crippen LogP contribution < -0.4 is 15.8 Å². The first-order chi connectivity index (χ1) is 9.15. The lowest BCUT2D eigenvalue weighted by molar-refractivity contribution is 0.415. The molecule has 0 bridgehead atoms. The van der Waals surface area contributed by atoms with E-state index in [0.29, 0.717) is 5.69 Å². The number of hydrogen-bond donors (Lipinski definition) is 2. The summed E-state index contributed by atoms with van der Waals surface area (Å²) in [5, 5.41) is 7.75. The van der Waals surface area contributed by atoms with Gasteiger partial charge in [0.05, 0.1) is 18.5 Å². The van der Waals surface area contributed by atoms with Crippen LogP contribution in [0.5, 0.6) is 5.75 Å². The van der Waals surface area contributed by atoms with Gasteiger partial charge in [-0.15, -0.1) is 0 Å². The second-order valence-electron chi connectivity index (χ2n) is 4.43. The Hall–Kier alpha value is -2.17. The minimum absolute atomic E-state index is 0.691. The summed E-state index contributed by atoms with van der Waals surface area (Å²) in [7, 11) is 1.65. The molecule has 2 aromatic rings. The van der Waals surface area contributed by atoms with E-state index in [2.05, 4.69) is 17.3 Å². The Morgan fingerprint density at radius 3 is 2.89 bits per heavy atom. The van der Waals surface area contributed by atoms with Crippen molar-refractivity contribution >= 4 is 17.2 Å². The van der Waals surface area contributed by atoms with Gasteiger partial charge in [-0.25, -0.2) is 4.68 Å². The summed E-state index contributed by atoms with van der Waals surface area (Å²) in [5.74, 6) is 1.65. The van der Waals surface area contributed by atoms with Crippen LogP contribution in [0.1, 0.15) is 19.0 Å². The third-order valence-electron chi connectivity index (χ3n) is 2.94. The number of ether oxygens (including phenoxy) is 1. The van der Waals surface area contributed by atoms with Gasteiger partial charge in [-0.2, -0.15) is 5.10 Å². The number of aryl methyl sites for hydroxylation is 2. The molecule has 1 aromatic heterocycles. The van der Waals surface area contributed by atoms with Crippen LogP contribution in [0.25, 0.3) is 0 Å². The molecule has 0 fully saturated rings. The Morgan fingerprint density at radius 2 is 2.21 bits per heavy atom. The largest absolute Gasteiger partial charge is 0.497 e. The molecule has 0 aliphatic heterocycles. The van der Waals surface area contributed by atoms with Crippen molar-refractivity contribution in [1.29, 1.82) is 0 Å². The summed E-state index contributed by atoms with van der Waals surface area (Å²) in [5.41, 5.74) is 8.55. The molecule has 0 saturated carbocycles. The van der Waals surface area contributed by atoms with Crippen molar-refractivity contribution in [1.82, 2.24) is 9.78 Å². The number of rotatable bonds is 5. The Morgan fingerprint density at radius 1 is 1.42 bits per heavy atom. The monoisotopic (exact) mass is 260 g/mol. The van der Waals surface area contributed by atoms with E-state index in [9.17, 15) is 0 Å². The first kappa shape index (κ1) is 13.3. The van der Waals surface area contributed by atoms with Gasteiger partial charge in [-0.05, 0) is 25.5 Å². The average molecular weight is 260 g/mol. The number of hydrogen-bond acceptors (Lipinski definition) is 4. The number of nitrogens with two attached hydrogens (primary N) is 1. The zero-order valence-electron chi connectivity index (χ0n) is 11.6. The van der Waals surface area contributed by atoms with Gasteiger partial charge >= 0.3 is 0 Å². The lowest BCUT2D eigenvalue weighted by Gasteiger charge is -2.11. The van der Waals surface area contributed by atoms with Gasteiger partial charge in [0.1, 0.15) is 5.75 Å². The second kappa shape index (κ2) is 5.65. The van der Waals surface area contributed by atoms with Crippen LogP contribution in [0.3, 0.4) is 0 Å². The van der Waals surface area contributed by atoms with E-state index >= 15 is 0 Å². The highest BCUT2D eigenvalue weighted by Gasteiger charge is 2.12. The van der Waals surface area contributed by atoms with Crippen molar-refractivity contribution in [3.05, 3.63) is 30.0 Å². The molecule has 19 heavy (non-hydrogen) atoms. The van der Waals surface area contributed by atoms with Gasteiger partial charge < -0.3 is 15.8 Å². The van der Waals surface area contributed by atoms with Gasteiger partial charge in [0, 0.05) is 18.3 Å². The zero-order chi connectivity index (χ0) is 13.8. The normalized spacial score (nSPS) is 10.5. The fourth-order valence-corrected chi connectivity index (χ4v) is 1.94. The molecule has 102 valence electrons. The summed E-state index contributed by atoms with van der Waals surface area (Å²) in [6.07, 6.45) is 1.01. The van der Waals surface area contributed by atoms with Crippen LogP contribution in [-0.2, 0) is 6.54 Å². The average Bonchev–Trinajstić information content (AvgIpc) is 2.67. The highest BCUT2D eigenvalue weighted by molar-refractivity contribution is 5.71. The molecule has 5 heteroatoms. The molecular formula is C14H20N4O. The van der Waals surface area contributed by atoms with Crippen LogP contribution in [0, 0.1) is 6.92 Å². The smallest absolute Gasteiger partial charge is 0.152 e. The molecule has 5 nitrogen and oxygen atoms in total. The maximum atomic E-state index is 6.07. The van der Waals surface area contributed by atoms with Crippen LogP contribution in [-0.4, -0.2) is 16.9 Å². The molecule has 0 aliphatic carbocycles. The molecule has 2 rings (SSSR count). The minimum Gasteiger partial charge on any atom is -0.497 e. The maximum absolute atomic E-state index is 6.07. The van der Waals surface area contributed by atoms with E-state index in [-0.39, 0.29) is 0 Å². The van der Waals surface area contributed by atoms with Gasteiger partial charge in [0.25, 0.3) is 0 Å². The van der Waals surface area contributed by atoms with Crippen LogP contribution in [0.2, 0.25) is 0 Å². The highest BCUT2D eigenvalue weighted by atomic mass is 16.5. The van der Waals surface area contributed by atoms with Crippen molar-refractivity contribution in [3.63, 3.8) is 0 Å². The Labute approximate surface area is 113 Å². The van der Waals surface area contributed by atoms with Crippen LogP contribution in [0.15, 0.2) is 24.3 Å². The molecule has 0 saturated heterocycles. The number of aromatic nitrogens is 2. The van der Waals surface area contributed by atoms with Gasteiger partial charge in [0.15, 0.2) is 5.82 Å². The topological polar surface area (TPSA) is 65.1 Å². The molecule has 0 unspecified atom stereocenters. The third-order valence-corrected chi connectivity index (χ3v) is 2.94. The molecule has 3 N–H and O–H groups in total. The Balaban J connectivity index is 2.31. The molecule has 0 spiro atoms. The van der Waals surface area contributed by atoms with Gasteiger partial charge in [-0.3, -0.25) is 0 Å². The molecule has 0 radical (unpaired) electrons. The van der Waals surface area contributed by atoms with E-state index in [4.69, 9.17) is 10.5 Å². The molecule has 0 aliphatic rings. The molecule has 0 amide bonds. The van der Waals surface area contributed by atoms with E-state index in [0.717, 1.165) is 35.9 Å². The minimum atomic E-state index is 0.691. The van der Waals surface area contributed by atoms with Crippen molar-refractivity contribution in [2.45, 2.75) is 26.8 Å². The van der Waals surface area contributed by atoms with Crippen LogP contribution in [0.4, 0.5) is 17.2 Å². The second-order valence-corrected chi connectivity index (χ2v) is 4.43. The number of nitrogens with zero attached hydrogens (tertiary/aromatic N) is 2. The van der Waals surface area contributed by atoms with Crippen molar-refractivity contribution in [2.75, 3.05) is 18.2 Å². The molecule has 1 aromatic carbocycles. The summed E-state index contributed by atoms with van der Waals surface area (Å²) in [6, 6.07) is 7.74. The van der Waals surface area contributed by atoms with E-state index in [1.807, 2.05) is 35.9 Å². The number of nitrogen functional groups attached to an aromatic ring is 1. The highest BCUT2D eigenvalue weighted by Crippen LogP contribution is 2.27. The SMILES string of the molecule is CCCn1nc(C)c(N)c1Nc1cccc(OC)c1. The quantitative estimate of drug-likeness (QED) is 0.867. The number of anilines is 3. The molecule has 1 heterocycles. The number of methoxy groups -OCH3 is 1. The predicted molar refractivity (Wildman–Crippen MR) is 77.9 cm³/mol. The standard InChI is InChI=1S/C14H20N4O/c1-4-8-18-14(13(15)10(2)17-18)16-11-6-5-7-12(9-11)19-3/h5-7,9,16H,4,8,15H2,1-3H3. The summed E-state index contributed by atoms with van der Waals surface area (Å²) in [4.78, 5) is 0. The van der Waals surface area contributed by atoms with Gasteiger partial charge in [0.2, 0.25) is 0 Å². The van der Waals surface area contributed by atoms with E-state index < -0.39 is 0 Å². The van der Waals surface area contributed by atoms with Crippen molar-refractivity contribution in [2.24, 2.45) is 0 Å². The van der Waals surface area contributed by atoms with Gasteiger partial charge in [-0.1, -0.05) is 13.0 Å². The zero-order valence-corrected chi connectivity index (χ0v) is 11.6. The first-order valence-corrected chi connectivity index (χ1v) is 6.39. The van der Waals surface area contributed by atoms with E-state index in [1.165, 1.54) is 0 Å². The van der Waals surface area contributed by atoms with Crippen molar-refractivity contribution < 1.29 is 4.74 Å². The van der Waals surface area contributed by atoms with Crippen molar-refractivity contribution in [3.8, 4) is 5.75 Å². The third kappa shape index (κ3) is 2.81. The first-order valence-electron chi connectivity index (χ1n) is 6.39. The fraction of sp³-hybridized carbons (Fsp3) is 0.357. The predicted octanol–water partition coefficient (Wildman–Crippen LogP) is 2.94.